The van der Waals surface area contributed by atoms with Gasteiger partial charge in [0.15, 0.2) is 0 Å². The van der Waals surface area contributed by atoms with Crippen molar-refractivity contribution in [1.82, 2.24) is 0 Å². The molecule has 0 bridgehead atoms. The van der Waals surface area contributed by atoms with Crippen LogP contribution in [0.1, 0.15) is 78.4 Å². The monoisotopic (exact) mass is 366 g/mol. The van der Waals surface area contributed by atoms with Crippen molar-refractivity contribution < 1.29 is 4.74 Å². The van der Waals surface area contributed by atoms with Gasteiger partial charge in [0.25, 0.3) is 0 Å². The molecule has 0 aliphatic heterocycles. The highest BCUT2D eigenvalue weighted by Crippen LogP contribution is 2.46. The fraction of sp³-hybridized carbons (Fsp3) is 0.538. The lowest BCUT2D eigenvalue weighted by atomic mass is 9.78. The Morgan fingerprint density at radius 2 is 0.963 bits per heavy atom. The van der Waals surface area contributed by atoms with Crippen molar-refractivity contribution in [2.75, 3.05) is 0 Å². The maximum atomic E-state index is 7.32. The van der Waals surface area contributed by atoms with Gasteiger partial charge in [0, 0.05) is 0 Å². The summed E-state index contributed by atoms with van der Waals surface area (Å²) in [6, 6.07) is 21.7. The number of hydrogen-bond acceptors (Lipinski definition) is 1. The van der Waals surface area contributed by atoms with Crippen LogP contribution >= 0.6 is 0 Å². The highest BCUT2D eigenvalue weighted by molar-refractivity contribution is 5.27. The molecule has 0 radical (unpaired) electrons. The molecule has 2 unspecified atom stereocenters. The van der Waals surface area contributed by atoms with Gasteiger partial charge in [0.1, 0.15) is 0 Å². The molecular weight excluding hydrogens is 328 g/mol. The lowest BCUT2D eigenvalue weighted by molar-refractivity contribution is -0.188. The normalized spacial score (nSPS) is 16.3. The van der Waals surface area contributed by atoms with E-state index in [1.54, 1.807) is 0 Å². The van der Waals surface area contributed by atoms with Crippen LogP contribution in [-0.4, -0.2) is 0 Å². The maximum Gasteiger partial charge on any atom is 0.0943 e. The molecule has 2 rings (SSSR count). The van der Waals surface area contributed by atoms with Gasteiger partial charge in [-0.25, -0.2) is 0 Å². The van der Waals surface area contributed by atoms with Crippen LogP contribution in [0.3, 0.4) is 0 Å². The Labute approximate surface area is 167 Å². The van der Waals surface area contributed by atoms with Crippen LogP contribution in [-0.2, 0) is 15.9 Å². The molecule has 0 aliphatic rings. The second kappa shape index (κ2) is 9.55. The van der Waals surface area contributed by atoms with Gasteiger partial charge in [-0.2, -0.15) is 0 Å². The minimum absolute atomic E-state index is 0.268. The Balaban J connectivity index is 2.58. The standard InChI is InChI=1S/C26H38O/c1-7-25(19-21(3)4,23-15-11-9-12-16-23)27-26(8-2,20-22(5)6)24-17-13-10-14-18-24/h9-18,21-22H,7-8,19-20H2,1-6H3. The Kier molecular flexibility index (Phi) is 7.68. The maximum absolute atomic E-state index is 7.32. The summed E-state index contributed by atoms with van der Waals surface area (Å²) in [6.07, 6.45) is 4.00. The molecule has 0 aromatic heterocycles. The van der Waals surface area contributed by atoms with E-state index in [2.05, 4.69) is 102 Å². The highest BCUT2D eigenvalue weighted by atomic mass is 16.5. The SMILES string of the molecule is CCC(CC(C)C)(OC(CC)(CC(C)C)c1ccccc1)c1ccccc1. The molecule has 1 heteroatoms. The molecule has 0 spiro atoms. The molecule has 2 aromatic carbocycles. The third-order valence-electron chi connectivity index (χ3n) is 5.61. The van der Waals surface area contributed by atoms with Gasteiger partial charge in [-0.1, -0.05) is 102 Å². The van der Waals surface area contributed by atoms with Crippen LogP contribution in [0, 0.1) is 11.8 Å². The van der Waals surface area contributed by atoms with E-state index in [9.17, 15) is 0 Å². The Morgan fingerprint density at radius 1 is 0.630 bits per heavy atom. The van der Waals surface area contributed by atoms with E-state index in [-0.39, 0.29) is 11.2 Å². The van der Waals surface area contributed by atoms with Crippen molar-refractivity contribution in [1.29, 1.82) is 0 Å². The topological polar surface area (TPSA) is 9.23 Å². The molecule has 0 fully saturated rings. The molecular formula is C26H38O. The zero-order valence-corrected chi connectivity index (χ0v) is 18.2. The first-order valence-corrected chi connectivity index (χ1v) is 10.7. The van der Waals surface area contributed by atoms with Gasteiger partial charge in [0.05, 0.1) is 11.2 Å². The molecule has 0 aliphatic carbocycles. The summed E-state index contributed by atoms with van der Waals surface area (Å²) in [5, 5.41) is 0. The molecule has 2 atom stereocenters. The van der Waals surface area contributed by atoms with Crippen molar-refractivity contribution in [3.63, 3.8) is 0 Å². The lowest BCUT2D eigenvalue weighted by Gasteiger charge is -2.46. The highest BCUT2D eigenvalue weighted by Gasteiger charge is 2.43. The van der Waals surface area contributed by atoms with Crippen LogP contribution < -0.4 is 0 Å². The molecule has 1 nitrogen and oxygen atoms in total. The van der Waals surface area contributed by atoms with Gasteiger partial charge in [0.2, 0.25) is 0 Å². The van der Waals surface area contributed by atoms with E-state index in [1.165, 1.54) is 11.1 Å². The second-order valence-corrected chi connectivity index (χ2v) is 8.73. The van der Waals surface area contributed by atoms with Crippen molar-refractivity contribution in [2.24, 2.45) is 11.8 Å². The minimum atomic E-state index is -0.268. The van der Waals surface area contributed by atoms with Gasteiger partial charge in [-0.15, -0.1) is 0 Å². The van der Waals surface area contributed by atoms with Crippen LogP contribution in [0.25, 0.3) is 0 Å². The van der Waals surface area contributed by atoms with E-state index in [4.69, 9.17) is 4.74 Å². The first kappa shape index (κ1) is 21.7. The van der Waals surface area contributed by atoms with E-state index in [0.29, 0.717) is 11.8 Å². The van der Waals surface area contributed by atoms with E-state index in [1.807, 2.05) is 0 Å². The van der Waals surface area contributed by atoms with E-state index >= 15 is 0 Å². The van der Waals surface area contributed by atoms with Gasteiger partial charge >= 0.3 is 0 Å². The van der Waals surface area contributed by atoms with Crippen LogP contribution in [0.4, 0.5) is 0 Å². The lowest BCUT2D eigenvalue weighted by Crippen LogP contribution is -2.42. The largest absolute Gasteiger partial charge is 0.359 e. The quantitative estimate of drug-likeness (QED) is 0.418. The summed E-state index contributed by atoms with van der Waals surface area (Å²) < 4.78 is 7.32. The van der Waals surface area contributed by atoms with Crippen molar-refractivity contribution >= 4 is 0 Å². The number of hydrogen-bond donors (Lipinski definition) is 0. The van der Waals surface area contributed by atoms with E-state index in [0.717, 1.165) is 25.7 Å². The molecule has 0 N–H and O–H groups in total. The average molecular weight is 367 g/mol. The molecule has 2 aromatic rings. The predicted octanol–water partition coefficient (Wildman–Crippen LogP) is 7.71. The average Bonchev–Trinajstić information content (AvgIpc) is 2.67. The van der Waals surface area contributed by atoms with Crippen molar-refractivity contribution in [2.45, 2.75) is 78.4 Å². The zero-order chi connectivity index (χ0) is 19.9. The summed E-state index contributed by atoms with van der Waals surface area (Å²) in [4.78, 5) is 0. The molecule has 27 heavy (non-hydrogen) atoms. The summed E-state index contributed by atoms with van der Waals surface area (Å²) in [5.74, 6) is 1.13. The molecule has 0 heterocycles. The first-order valence-electron chi connectivity index (χ1n) is 10.7. The summed E-state index contributed by atoms with van der Waals surface area (Å²) in [5.41, 5.74) is 2.07. The summed E-state index contributed by atoms with van der Waals surface area (Å²) in [6.45, 7) is 13.8. The second-order valence-electron chi connectivity index (χ2n) is 8.73. The fourth-order valence-corrected chi connectivity index (χ4v) is 4.45. The summed E-state index contributed by atoms with van der Waals surface area (Å²) >= 11 is 0. The smallest absolute Gasteiger partial charge is 0.0943 e. The fourth-order valence-electron chi connectivity index (χ4n) is 4.45. The Morgan fingerprint density at radius 3 is 1.22 bits per heavy atom. The zero-order valence-electron chi connectivity index (χ0n) is 18.2. The first-order chi connectivity index (χ1) is 12.9. The van der Waals surface area contributed by atoms with Gasteiger partial charge in [-0.05, 0) is 48.6 Å². The Hall–Kier alpha value is -1.60. The Bertz CT molecular complexity index is 602. The number of benzene rings is 2. The van der Waals surface area contributed by atoms with Crippen molar-refractivity contribution in [3.05, 3.63) is 71.8 Å². The van der Waals surface area contributed by atoms with Crippen LogP contribution in [0.15, 0.2) is 60.7 Å². The molecule has 0 saturated heterocycles. The van der Waals surface area contributed by atoms with Gasteiger partial charge < -0.3 is 4.74 Å². The third kappa shape index (κ3) is 5.23. The van der Waals surface area contributed by atoms with E-state index < -0.39 is 0 Å². The molecule has 0 amide bonds. The predicted molar refractivity (Wildman–Crippen MR) is 117 cm³/mol. The molecule has 148 valence electrons. The van der Waals surface area contributed by atoms with Crippen LogP contribution in [0.5, 0.6) is 0 Å². The minimum Gasteiger partial charge on any atom is -0.359 e. The van der Waals surface area contributed by atoms with Crippen LogP contribution in [0.2, 0.25) is 0 Å². The number of rotatable bonds is 10. The van der Waals surface area contributed by atoms with Gasteiger partial charge in [-0.3, -0.25) is 0 Å². The molecule has 0 saturated carbocycles. The third-order valence-corrected chi connectivity index (χ3v) is 5.61. The number of ether oxygens (including phenoxy) is 1. The van der Waals surface area contributed by atoms with Crippen molar-refractivity contribution in [3.8, 4) is 0 Å². The summed E-state index contributed by atoms with van der Waals surface area (Å²) in [7, 11) is 0.